The number of benzene rings is 3. The van der Waals surface area contributed by atoms with E-state index in [1.54, 1.807) is 60.7 Å². The minimum Gasteiger partial charge on any atom is -0.465 e. The molecular formula is C42H54N4O8. The normalized spacial score (nSPS) is 10.6. The Morgan fingerprint density at radius 3 is 0.907 bits per heavy atom. The van der Waals surface area contributed by atoms with Crippen LogP contribution in [0.5, 0.6) is 0 Å². The predicted molar refractivity (Wildman–Crippen MR) is 207 cm³/mol. The molecule has 5 N–H and O–H groups in total. The minimum atomic E-state index is -0.557. The smallest absolute Gasteiger partial charge is 0.337 e. The lowest BCUT2D eigenvalue weighted by molar-refractivity contribution is 0.0599. The van der Waals surface area contributed by atoms with Crippen LogP contribution in [0.2, 0.25) is 0 Å². The van der Waals surface area contributed by atoms with Gasteiger partial charge in [-0.25, -0.2) is 4.79 Å². The van der Waals surface area contributed by atoms with Crippen molar-refractivity contribution in [3.63, 3.8) is 0 Å². The Morgan fingerprint density at radius 2 is 0.648 bits per heavy atom. The molecule has 0 heterocycles. The number of carbonyl (C=O) groups excluding carboxylic acids is 6. The lowest BCUT2D eigenvalue weighted by Crippen LogP contribution is -2.26. The number of amides is 4. The molecule has 3 rings (SSSR count). The summed E-state index contributed by atoms with van der Waals surface area (Å²) in [7, 11) is 1.32. The fourth-order valence-corrected chi connectivity index (χ4v) is 5.68. The van der Waals surface area contributed by atoms with Gasteiger partial charge in [0.05, 0.1) is 12.7 Å². The van der Waals surface area contributed by atoms with Gasteiger partial charge in [0, 0.05) is 54.0 Å². The summed E-state index contributed by atoms with van der Waals surface area (Å²) in [5.41, 5.74) is 2.77. The lowest BCUT2D eigenvalue weighted by Gasteiger charge is -2.08. The van der Waals surface area contributed by atoms with Gasteiger partial charge in [0.25, 0.3) is 23.6 Å². The number of methoxy groups -OCH3 is 1. The Labute approximate surface area is 317 Å². The average Bonchev–Trinajstić information content (AvgIpc) is 3.21. The molecular weight excluding hydrogens is 688 g/mol. The molecule has 0 aliphatic heterocycles. The zero-order valence-corrected chi connectivity index (χ0v) is 31.3. The first-order chi connectivity index (χ1) is 26.2. The number of hydrogen-bond donors (Lipinski definition) is 5. The molecule has 0 bridgehead atoms. The van der Waals surface area contributed by atoms with Gasteiger partial charge in [-0.15, -0.1) is 0 Å². The summed E-state index contributed by atoms with van der Waals surface area (Å²) >= 11 is 0. The fraction of sp³-hybridized carbons (Fsp3) is 0.429. The molecule has 290 valence electrons. The van der Waals surface area contributed by atoms with Crippen molar-refractivity contribution in [2.45, 2.75) is 77.0 Å². The van der Waals surface area contributed by atoms with Crippen molar-refractivity contribution in [1.82, 2.24) is 21.3 Å². The number of aliphatic hydroxyl groups excluding tert-OH is 1. The molecule has 3 aromatic rings. The van der Waals surface area contributed by atoms with E-state index in [-0.39, 0.29) is 29.4 Å². The topological polar surface area (TPSA) is 180 Å². The number of unbranched alkanes of at least 4 members (excludes halogenated alkanes) is 10. The van der Waals surface area contributed by atoms with Gasteiger partial charge in [-0.05, 0) is 86.3 Å². The Bertz CT molecular complexity index is 1520. The summed E-state index contributed by atoms with van der Waals surface area (Å²) in [6.45, 7) is 1.75. The molecule has 12 heteroatoms. The molecule has 0 aliphatic rings. The molecule has 0 unspecified atom stereocenters. The summed E-state index contributed by atoms with van der Waals surface area (Å²) in [5, 5.41) is 20.6. The number of rotatable bonds is 25. The van der Waals surface area contributed by atoms with Gasteiger partial charge in [-0.1, -0.05) is 63.5 Å². The highest BCUT2D eigenvalue weighted by molar-refractivity contribution is 6.00. The SMILES string of the molecule is COC(=O)c1ccc(C(=O)NCCCCCCCCNC(=O)c2ccc(C(=O)NCCCCCCCCNC(=O)c3ccc(C(=O)CO)cc3)cc2)cc1. The standard InChI is InChI=1S/C42H54N4O8/c1-54-42(53)36-24-22-35(23-25-36)41(52)46-29-13-9-5-4-8-12-28-45-40(51)34-20-18-33(19-21-34)39(50)44-27-11-7-3-2-6-10-26-43-38(49)32-16-14-31(15-17-32)37(48)30-47/h14-25,47H,2-13,26-30H2,1H3,(H,43,49)(H,44,50)(H,45,51)(H,46,52). The molecule has 0 spiro atoms. The maximum absolute atomic E-state index is 12.5. The highest BCUT2D eigenvalue weighted by Gasteiger charge is 2.11. The van der Waals surface area contributed by atoms with E-state index in [1.165, 1.54) is 19.2 Å². The van der Waals surface area contributed by atoms with Crippen LogP contribution in [0.1, 0.15) is 139 Å². The molecule has 0 radical (unpaired) electrons. The van der Waals surface area contributed by atoms with E-state index >= 15 is 0 Å². The van der Waals surface area contributed by atoms with Crippen molar-refractivity contribution in [1.29, 1.82) is 0 Å². The van der Waals surface area contributed by atoms with E-state index in [2.05, 4.69) is 26.0 Å². The number of ether oxygens (including phenoxy) is 1. The first-order valence-electron chi connectivity index (χ1n) is 18.9. The van der Waals surface area contributed by atoms with Gasteiger partial charge >= 0.3 is 5.97 Å². The van der Waals surface area contributed by atoms with Crippen LogP contribution in [0, 0.1) is 0 Å². The number of aliphatic hydroxyl groups is 1. The zero-order valence-electron chi connectivity index (χ0n) is 31.3. The summed E-state index contributed by atoms with van der Waals surface area (Å²) in [5.74, 6) is -1.51. The average molecular weight is 743 g/mol. The molecule has 4 amide bonds. The van der Waals surface area contributed by atoms with Crippen LogP contribution in [0.25, 0.3) is 0 Å². The van der Waals surface area contributed by atoms with E-state index in [9.17, 15) is 28.8 Å². The molecule has 3 aromatic carbocycles. The summed E-state index contributed by atoms with van der Waals surface area (Å²) < 4.78 is 4.67. The highest BCUT2D eigenvalue weighted by Crippen LogP contribution is 2.10. The number of Topliss-reactive ketones (excluding diaryl/α,β-unsaturated/α-hetero) is 1. The van der Waals surface area contributed by atoms with E-state index in [0.717, 1.165) is 77.0 Å². The molecule has 0 aliphatic carbocycles. The van der Waals surface area contributed by atoms with Crippen LogP contribution in [-0.2, 0) is 4.74 Å². The third-order valence-electron chi connectivity index (χ3n) is 8.94. The zero-order chi connectivity index (χ0) is 39.0. The molecule has 12 nitrogen and oxygen atoms in total. The van der Waals surface area contributed by atoms with Crippen molar-refractivity contribution in [3.05, 3.63) is 106 Å². The Hall–Kier alpha value is -5.36. The Kier molecular flexibility index (Phi) is 19.8. The van der Waals surface area contributed by atoms with Gasteiger partial charge < -0.3 is 31.1 Å². The number of ketones is 1. The minimum absolute atomic E-state index is 0.164. The molecule has 54 heavy (non-hydrogen) atoms. The van der Waals surface area contributed by atoms with Gasteiger partial charge in [0.2, 0.25) is 0 Å². The summed E-state index contributed by atoms with van der Waals surface area (Å²) in [6.07, 6.45) is 11.6. The van der Waals surface area contributed by atoms with Gasteiger partial charge in [-0.3, -0.25) is 24.0 Å². The molecule has 0 aromatic heterocycles. The largest absolute Gasteiger partial charge is 0.465 e. The highest BCUT2D eigenvalue weighted by atomic mass is 16.5. The second kappa shape index (κ2) is 24.8. The van der Waals surface area contributed by atoms with Gasteiger partial charge in [-0.2, -0.15) is 0 Å². The van der Waals surface area contributed by atoms with Crippen molar-refractivity contribution >= 4 is 35.4 Å². The Balaban J connectivity index is 1.13. The van der Waals surface area contributed by atoms with Crippen LogP contribution in [0.4, 0.5) is 0 Å². The van der Waals surface area contributed by atoms with Crippen LogP contribution < -0.4 is 21.3 Å². The molecule has 0 saturated heterocycles. The van der Waals surface area contributed by atoms with Crippen LogP contribution in [-0.4, -0.2) is 80.4 Å². The van der Waals surface area contributed by atoms with Crippen molar-refractivity contribution < 1.29 is 38.6 Å². The van der Waals surface area contributed by atoms with E-state index < -0.39 is 12.6 Å². The fourth-order valence-electron chi connectivity index (χ4n) is 5.68. The lowest BCUT2D eigenvalue weighted by atomic mass is 10.1. The van der Waals surface area contributed by atoms with Crippen LogP contribution >= 0.6 is 0 Å². The predicted octanol–water partition coefficient (Wildman–Crippen LogP) is 5.65. The Morgan fingerprint density at radius 1 is 0.407 bits per heavy atom. The third kappa shape index (κ3) is 15.7. The molecule has 0 atom stereocenters. The van der Waals surface area contributed by atoms with E-state index in [0.29, 0.717) is 59.6 Å². The second-order valence-corrected chi connectivity index (χ2v) is 13.1. The first-order valence-corrected chi connectivity index (χ1v) is 18.9. The summed E-state index contributed by atoms with van der Waals surface area (Å²) in [6, 6.07) is 19.3. The quantitative estimate of drug-likeness (QED) is 0.0420. The van der Waals surface area contributed by atoms with Crippen molar-refractivity contribution in [3.8, 4) is 0 Å². The van der Waals surface area contributed by atoms with E-state index in [1.807, 2.05) is 0 Å². The maximum Gasteiger partial charge on any atom is 0.337 e. The van der Waals surface area contributed by atoms with Crippen LogP contribution in [0.15, 0.2) is 72.8 Å². The third-order valence-corrected chi connectivity index (χ3v) is 8.94. The van der Waals surface area contributed by atoms with Crippen molar-refractivity contribution in [2.75, 3.05) is 39.9 Å². The van der Waals surface area contributed by atoms with E-state index in [4.69, 9.17) is 5.11 Å². The van der Waals surface area contributed by atoms with Crippen LogP contribution in [0.3, 0.4) is 0 Å². The molecule has 0 fully saturated rings. The number of esters is 1. The first kappa shape index (κ1) is 43.0. The number of nitrogens with one attached hydrogen (secondary N) is 4. The van der Waals surface area contributed by atoms with Gasteiger partial charge in [0.15, 0.2) is 5.78 Å². The monoisotopic (exact) mass is 742 g/mol. The summed E-state index contributed by atoms with van der Waals surface area (Å²) in [4.78, 5) is 72.6. The number of hydrogen-bond acceptors (Lipinski definition) is 8. The van der Waals surface area contributed by atoms with Crippen molar-refractivity contribution in [2.24, 2.45) is 0 Å². The van der Waals surface area contributed by atoms with Gasteiger partial charge in [0.1, 0.15) is 6.61 Å². The number of carbonyl (C=O) groups is 6. The second-order valence-electron chi connectivity index (χ2n) is 13.1. The molecule has 0 saturated carbocycles. The maximum atomic E-state index is 12.5.